The smallest absolute Gasteiger partial charge is 0.251 e. The van der Waals surface area contributed by atoms with Crippen molar-refractivity contribution in [2.75, 3.05) is 11.1 Å². The maximum atomic E-state index is 12.5. The van der Waals surface area contributed by atoms with Crippen molar-refractivity contribution in [2.24, 2.45) is 0 Å². The molecule has 2 N–H and O–H groups in total. The summed E-state index contributed by atoms with van der Waals surface area (Å²) in [4.78, 5) is 32.6. The van der Waals surface area contributed by atoms with Gasteiger partial charge >= 0.3 is 0 Å². The molecule has 0 saturated carbocycles. The van der Waals surface area contributed by atoms with Crippen LogP contribution in [0.15, 0.2) is 47.9 Å². The van der Waals surface area contributed by atoms with Crippen LogP contribution in [0, 0.1) is 6.92 Å². The Labute approximate surface area is 178 Å². The zero-order valence-electron chi connectivity index (χ0n) is 17.0. The first-order chi connectivity index (χ1) is 14.5. The predicted octanol–water partition coefficient (Wildman–Crippen LogP) is 2.62. The fourth-order valence-electron chi connectivity index (χ4n) is 2.73. The van der Waals surface area contributed by atoms with E-state index in [1.54, 1.807) is 30.6 Å². The number of rotatable bonds is 8. The first-order valence-electron chi connectivity index (χ1n) is 9.48. The maximum Gasteiger partial charge on any atom is 0.251 e. The van der Waals surface area contributed by atoms with Crippen molar-refractivity contribution in [3.05, 3.63) is 59.7 Å². The van der Waals surface area contributed by atoms with E-state index in [0.29, 0.717) is 23.1 Å². The summed E-state index contributed by atoms with van der Waals surface area (Å²) < 4.78 is 1.89. The number of aryl methyl sites for hydroxylation is 1. The molecule has 1 atom stereocenters. The first-order valence-corrected chi connectivity index (χ1v) is 10.5. The number of hydrogen-bond donors (Lipinski definition) is 2. The highest BCUT2D eigenvalue weighted by Gasteiger charge is 2.20. The summed E-state index contributed by atoms with van der Waals surface area (Å²) in [6.07, 6.45) is 3.12. The predicted molar refractivity (Wildman–Crippen MR) is 114 cm³/mol. The molecule has 0 spiro atoms. The lowest BCUT2D eigenvalue weighted by Crippen LogP contribution is -2.28. The van der Waals surface area contributed by atoms with Gasteiger partial charge in [-0.1, -0.05) is 29.5 Å². The van der Waals surface area contributed by atoms with Gasteiger partial charge in [0.15, 0.2) is 11.0 Å². The van der Waals surface area contributed by atoms with Gasteiger partial charge in [0.05, 0.1) is 11.8 Å². The van der Waals surface area contributed by atoms with E-state index >= 15 is 0 Å². The van der Waals surface area contributed by atoms with Gasteiger partial charge < -0.3 is 9.88 Å². The van der Waals surface area contributed by atoms with Gasteiger partial charge in [0, 0.05) is 24.5 Å². The number of carbonyl (C=O) groups is 2. The van der Waals surface area contributed by atoms with Crippen molar-refractivity contribution in [3.63, 3.8) is 0 Å². The molecule has 10 heteroatoms. The van der Waals surface area contributed by atoms with Crippen LogP contribution in [-0.2, 0) is 11.3 Å². The first kappa shape index (κ1) is 21.4. The molecule has 30 heavy (non-hydrogen) atoms. The Morgan fingerprint density at radius 2 is 1.83 bits per heavy atom. The van der Waals surface area contributed by atoms with E-state index in [9.17, 15) is 9.59 Å². The summed E-state index contributed by atoms with van der Waals surface area (Å²) in [5.74, 6) is 0.615. The normalized spacial score (nSPS) is 11.7. The average Bonchev–Trinajstić information content (AvgIpc) is 3.16. The minimum Gasteiger partial charge on any atom is -0.342 e. The van der Waals surface area contributed by atoms with Crippen LogP contribution in [0.3, 0.4) is 0 Å². The van der Waals surface area contributed by atoms with Crippen LogP contribution in [0.5, 0.6) is 0 Å². The molecule has 0 unspecified atom stereocenters. The lowest BCUT2D eigenvalue weighted by atomic mass is 10.1. The number of amides is 2. The molecule has 0 fully saturated rings. The third-order valence-corrected chi connectivity index (χ3v) is 5.23. The lowest BCUT2D eigenvalue weighted by Gasteiger charge is -2.15. The van der Waals surface area contributed by atoms with Gasteiger partial charge in [-0.05, 0) is 39.0 Å². The summed E-state index contributed by atoms with van der Waals surface area (Å²) in [5, 5.41) is 14.6. The highest BCUT2D eigenvalue weighted by Crippen LogP contribution is 2.21. The molecule has 2 amide bonds. The van der Waals surface area contributed by atoms with E-state index in [1.165, 1.54) is 11.8 Å². The van der Waals surface area contributed by atoms with E-state index in [4.69, 9.17) is 0 Å². The van der Waals surface area contributed by atoms with Crippen LogP contribution in [0.2, 0.25) is 0 Å². The summed E-state index contributed by atoms with van der Waals surface area (Å²) in [5.41, 5.74) is 1.68. The van der Waals surface area contributed by atoms with Gasteiger partial charge in [-0.2, -0.15) is 0 Å². The van der Waals surface area contributed by atoms with E-state index < -0.39 is 0 Å². The van der Waals surface area contributed by atoms with Crippen molar-refractivity contribution < 1.29 is 9.59 Å². The van der Waals surface area contributed by atoms with Crippen LogP contribution >= 0.6 is 11.8 Å². The quantitative estimate of drug-likeness (QED) is 0.533. The van der Waals surface area contributed by atoms with Gasteiger partial charge in [-0.15, -0.1) is 10.2 Å². The SMILES string of the molecule is CCn1c(SCC(=O)Nc2ncccn2)nnc1[C@H](C)NC(=O)c1ccc(C)cc1. The van der Waals surface area contributed by atoms with Gasteiger partial charge in [0.2, 0.25) is 11.9 Å². The summed E-state index contributed by atoms with van der Waals surface area (Å²) in [6, 6.07) is 8.71. The molecule has 0 aliphatic heterocycles. The molecule has 3 rings (SSSR count). The highest BCUT2D eigenvalue weighted by atomic mass is 32.2. The molecule has 0 saturated heterocycles. The van der Waals surface area contributed by atoms with Crippen molar-refractivity contribution >= 4 is 29.5 Å². The molecule has 9 nitrogen and oxygen atoms in total. The van der Waals surface area contributed by atoms with Gasteiger partial charge in [-0.3, -0.25) is 14.9 Å². The Kier molecular flexibility index (Phi) is 7.12. The molecule has 156 valence electrons. The second-order valence-corrected chi connectivity index (χ2v) is 7.50. The largest absolute Gasteiger partial charge is 0.342 e. The molecular formula is C20H23N7O2S. The second-order valence-electron chi connectivity index (χ2n) is 6.56. The number of carbonyl (C=O) groups excluding carboxylic acids is 2. The Bertz CT molecular complexity index is 1010. The monoisotopic (exact) mass is 425 g/mol. The number of thioether (sulfide) groups is 1. The number of aromatic nitrogens is 5. The Morgan fingerprint density at radius 3 is 2.50 bits per heavy atom. The molecule has 0 bridgehead atoms. The number of hydrogen-bond acceptors (Lipinski definition) is 7. The number of anilines is 1. The highest BCUT2D eigenvalue weighted by molar-refractivity contribution is 7.99. The fraction of sp³-hybridized carbons (Fsp3) is 0.300. The summed E-state index contributed by atoms with van der Waals surface area (Å²) >= 11 is 1.26. The Morgan fingerprint density at radius 1 is 1.13 bits per heavy atom. The molecule has 2 aromatic heterocycles. The topological polar surface area (TPSA) is 115 Å². The van der Waals surface area contributed by atoms with Crippen LogP contribution in [-0.4, -0.2) is 42.3 Å². The van der Waals surface area contributed by atoms with E-state index in [2.05, 4.69) is 30.8 Å². The summed E-state index contributed by atoms with van der Waals surface area (Å²) in [7, 11) is 0. The van der Waals surface area contributed by atoms with Gasteiger partial charge in [-0.25, -0.2) is 9.97 Å². The Hall–Kier alpha value is -3.27. The van der Waals surface area contributed by atoms with Crippen LogP contribution in [0.25, 0.3) is 0 Å². The lowest BCUT2D eigenvalue weighted by molar-refractivity contribution is -0.113. The van der Waals surface area contributed by atoms with Crippen LogP contribution in [0.1, 0.15) is 41.6 Å². The molecule has 3 aromatic rings. The zero-order chi connectivity index (χ0) is 21.5. The molecule has 0 aliphatic carbocycles. The van der Waals surface area contributed by atoms with E-state index in [-0.39, 0.29) is 29.6 Å². The molecular weight excluding hydrogens is 402 g/mol. The van der Waals surface area contributed by atoms with Crippen molar-refractivity contribution in [2.45, 2.75) is 38.5 Å². The minimum atomic E-state index is -0.341. The van der Waals surface area contributed by atoms with Crippen LogP contribution < -0.4 is 10.6 Å². The third-order valence-electron chi connectivity index (χ3n) is 4.26. The maximum absolute atomic E-state index is 12.5. The van der Waals surface area contributed by atoms with Crippen LogP contribution in [0.4, 0.5) is 5.95 Å². The molecule has 0 aliphatic rings. The number of nitrogens with one attached hydrogen (secondary N) is 2. The number of benzene rings is 1. The van der Waals surface area contributed by atoms with E-state index in [0.717, 1.165) is 5.56 Å². The Balaban J connectivity index is 1.62. The summed E-state index contributed by atoms with van der Waals surface area (Å²) in [6.45, 7) is 6.40. The minimum absolute atomic E-state index is 0.139. The van der Waals surface area contributed by atoms with Crippen molar-refractivity contribution in [1.82, 2.24) is 30.0 Å². The fourth-order valence-corrected chi connectivity index (χ4v) is 3.54. The van der Waals surface area contributed by atoms with Crippen molar-refractivity contribution in [1.29, 1.82) is 0 Å². The van der Waals surface area contributed by atoms with E-state index in [1.807, 2.05) is 37.5 Å². The average molecular weight is 426 g/mol. The van der Waals surface area contributed by atoms with Gasteiger partial charge in [0.25, 0.3) is 5.91 Å². The molecule has 1 aromatic carbocycles. The van der Waals surface area contributed by atoms with Gasteiger partial charge in [0.1, 0.15) is 0 Å². The second kappa shape index (κ2) is 9.97. The molecule has 0 radical (unpaired) electrons. The molecule has 2 heterocycles. The van der Waals surface area contributed by atoms with Crippen molar-refractivity contribution in [3.8, 4) is 0 Å². The number of nitrogens with zero attached hydrogens (tertiary/aromatic N) is 5. The third kappa shape index (κ3) is 5.41. The standard InChI is InChI=1S/C20H23N7O2S/c1-4-27-17(14(3)23-18(29)15-8-6-13(2)7-9-15)25-26-20(27)30-12-16(28)24-19-21-10-5-11-22-19/h5-11,14H,4,12H2,1-3H3,(H,23,29)(H,21,22,24,28)/t14-/m0/s1. The zero-order valence-corrected chi connectivity index (χ0v) is 17.8.